The fourth-order valence-electron chi connectivity index (χ4n) is 4.08. The van der Waals surface area contributed by atoms with Crippen LogP contribution in [0.5, 0.6) is 5.75 Å². The molecule has 0 aliphatic heterocycles. The van der Waals surface area contributed by atoms with Crippen LogP contribution >= 0.6 is 15.9 Å². The quantitative estimate of drug-likeness (QED) is 0.329. The van der Waals surface area contributed by atoms with Gasteiger partial charge in [-0.05, 0) is 76.6 Å². The summed E-state index contributed by atoms with van der Waals surface area (Å²) in [5, 5.41) is 2.92. The first-order chi connectivity index (χ1) is 18.7. The number of nitrogens with zero attached hydrogens (tertiary/aromatic N) is 2. The van der Waals surface area contributed by atoms with Crippen molar-refractivity contribution in [3.05, 3.63) is 88.4 Å². The summed E-state index contributed by atoms with van der Waals surface area (Å²) < 4.78 is 35.3. The van der Waals surface area contributed by atoms with E-state index in [9.17, 15) is 18.0 Å². The number of hydrogen-bond donors (Lipinski definition) is 1. The Labute approximate surface area is 245 Å². The van der Waals surface area contributed by atoms with E-state index < -0.39 is 34.1 Å². The highest BCUT2D eigenvalue weighted by Gasteiger charge is 2.34. The maximum Gasteiger partial charge on any atom is 0.264 e. The molecule has 3 aromatic carbocycles. The lowest BCUT2D eigenvalue weighted by molar-refractivity contribution is -0.140. The molecule has 3 rings (SSSR count). The Morgan fingerprint density at radius 1 is 1.00 bits per heavy atom. The minimum absolute atomic E-state index is 0.0360. The number of halogens is 1. The molecule has 0 aliphatic carbocycles. The molecule has 2 amide bonds. The first-order valence-corrected chi connectivity index (χ1v) is 15.0. The third kappa shape index (κ3) is 7.85. The smallest absolute Gasteiger partial charge is 0.264 e. The number of benzene rings is 3. The normalized spacial score (nSPS) is 12.4. The number of carbonyl (C=O) groups is 2. The van der Waals surface area contributed by atoms with Crippen LogP contribution in [0.25, 0.3) is 0 Å². The number of amides is 2. The number of hydrogen-bond acceptors (Lipinski definition) is 5. The molecule has 0 aromatic heterocycles. The van der Waals surface area contributed by atoms with Gasteiger partial charge >= 0.3 is 0 Å². The fraction of sp³-hybridized carbons (Fsp3) is 0.333. The molecule has 1 unspecified atom stereocenters. The zero-order valence-electron chi connectivity index (χ0n) is 23.6. The zero-order valence-corrected chi connectivity index (χ0v) is 26.0. The second kappa shape index (κ2) is 12.9. The van der Waals surface area contributed by atoms with Gasteiger partial charge in [-0.3, -0.25) is 13.9 Å². The van der Waals surface area contributed by atoms with Crippen LogP contribution in [0.2, 0.25) is 0 Å². The third-order valence-electron chi connectivity index (χ3n) is 6.15. The van der Waals surface area contributed by atoms with Crippen molar-refractivity contribution >= 4 is 43.5 Å². The van der Waals surface area contributed by atoms with E-state index in [-0.39, 0.29) is 23.0 Å². The predicted molar refractivity (Wildman–Crippen MR) is 161 cm³/mol. The minimum Gasteiger partial charge on any atom is -0.495 e. The van der Waals surface area contributed by atoms with Gasteiger partial charge in [0.2, 0.25) is 11.8 Å². The molecule has 0 radical (unpaired) electrons. The van der Waals surface area contributed by atoms with Crippen molar-refractivity contribution in [3.63, 3.8) is 0 Å². The largest absolute Gasteiger partial charge is 0.495 e. The molecule has 10 heteroatoms. The van der Waals surface area contributed by atoms with E-state index in [2.05, 4.69) is 21.2 Å². The number of methoxy groups -OCH3 is 1. The number of para-hydroxylation sites is 2. The van der Waals surface area contributed by atoms with Crippen LogP contribution < -0.4 is 14.4 Å². The highest BCUT2D eigenvalue weighted by molar-refractivity contribution is 9.10. The van der Waals surface area contributed by atoms with Gasteiger partial charge in [-0.2, -0.15) is 0 Å². The van der Waals surface area contributed by atoms with E-state index in [1.165, 1.54) is 24.1 Å². The van der Waals surface area contributed by atoms with Crippen molar-refractivity contribution in [2.24, 2.45) is 0 Å². The number of aryl methyl sites for hydroxylation is 1. The Kier molecular flexibility index (Phi) is 10.0. The third-order valence-corrected chi connectivity index (χ3v) is 8.42. The van der Waals surface area contributed by atoms with E-state index in [4.69, 9.17) is 4.74 Å². The van der Waals surface area contributed by atoms with Gasteiger partial charge < -0.3 is 15.0 Å². The molecular weight excluding hydrogens is 594 g/mol. The molecule has 0 saturated heterocycles. The number of ether oxygens (including phenoxy) is 1. The average Bonchev–Trinajstić information content (AvgIpc) is 2.89. The van der Waals surface area contributed by atoms with Crippen LogP contribution in [0.3, 0.4) is 0 Å². The molecule has 40 heavy (non-hydrogen) atoms. The van der Waals surface area contributed by atoms with Gasteiger partial charge in [-0.1, -0.05) is 57.9 Å². The molecule has 3 aromatic rings. The second-order valence-corrected chi connectivity index (χ2v) is 13.3. The molecule has 1 atom stereocenters. The molecule has 0 saturated carbocycles. The van der Waals surface area contributed by atoms with E-state index in [1.54, 1.807) is 43.3 Å². The van der Waals surface area contributed by atoms with E-state index in [0.29, 0.717) is 5.75 Å². The molecule has 0 spiro atoms. The monoisotopic (exact) mass is 629 g/mol. The number of sulfonamides is 1. The standard InChI is InChI=1S/C30H36BrN3O5S/c1-21-14-16-25(17-15-21)40(37,38)34(26-12-7-8-13-27(26)39-6)20-28(35)33(19-23-10-9-11-24(31)18-23)22(2)29(36)32-30(3,4)5/h7-18,22H,19-20H2,1-6H3,(H,32,36). The van der Waals surface area contributed by atoms with Crippen LogP contribution in [-0.4, -0.2) is 50.4 Å². The highest BCUT2D eigenvalue weighted by atomic mass is 79.9. The Bertz CT molecular complexity index is 1450. The lowest BCUT2D eigenvalue weighted by atomic mass is 10.1. The average molecular weight is 631 g/mol. The lowest BCUT2D eigenvalue weighted by Crippen LogP contribution is -2.54. The second-order valence-electron chi connectivity index (χ2n) is 10.6. The molecule has 0 fully saturated rings. The van der Waals surface area contributed by atoms with Gasteiger partial charge in [0, 0.05) is 16.6 Å². The predicted octanol–water partition coefficient (Wildman–Crippen LogP) is 5.29. The maximum absolute atomic E-state index is 14.0. The van der Waals surface area contributed by atoms with Crippen molar-refractivity contribution in [2.45, 2.75) is 57.6 Å². The molecule has 214 valence electrons. The number of anilines is 1. The van der Waals surface area contributed by atoms with Crippen LogP contribution in [0.4, 0.5) is 5.69 Å². The van der Waals surface area contributed by atoms with Crippen molar-refractivity contribution in [1.29, 1.82) is 0 Å². The summed E-state index contributed by atoms with van der Waals surface area (Å²) >= 11 is 3.45. The van der Waals surface area contributed by atoms with Gasteiger partial charge in [-0.25, -0.2) is 8.42 Å². The molecule has 8 nitrogen and oxygen atoms in total. The summed E-state index contributed by atoms with van der Waals surface area (Å²) in [6.07, 6.45) is 0. The van der Waals surface area contributed by atoms with Crippen molar-refractivity contribution < 1.29 is 22.7 Å². The van der Waals surface area contributed by atoms with Crippen molar-refractivity contribution in [1.82, 2.24) is 10.2 Å². The molecule has 0 aliphatic rings. The van der Waals surface area contributed by atoms with Gasteiger partial charge in [0.15, 0.2) is 0 Å². The first-order valence-electron chi connectivity index (χ1n) is 12.8. The summed E-state index contributed by atoms with van der Waals surface area (Å²) in [6, 6.07) is 19.6. The van der Waals surface area contributed by atoms with E-state index in [1.807, 2.05) is 52.0 Å². The van der Waals surface area contributed by atoms with Gasteiger partial charge in [-0.15, -0.1) is 0 Å². The number of rotatable bonds is 10. The maximum atomic E-state index is 14.0. The topological polar surface area (TPSA) is 96.0 Å². The Morgan fingerprint density at radius 2 is 1.65 bits per heavy atom. The van der Waals surface area contributed by atoms with Crippen molar-refractivity contribution in [2.75, 3.05) is 18.0 Å². The molecular formula is C30H36BrN3O5S. The van der Waals surface area contributed by atoms with E-state index in [0.717, 1.165) is 19.9 Å². The van der Waals surface area contributed by atoms with Crippen LogP contribution in [0.1, 0.15) is 38.8 Å². The Hall–Kier alpha value is -3.37. The lowest BCUT2D eigenvalue weighted by Gasteiger charge is -2.33. The van der Waals surface area contributed by atoms with E-state index >= 15 is 0 Å². The first kappa shape index (κ1) is 31.2. The van der Waals surface area contributed by atoms with Crippen LogP contribution in [0.15, 0.2) is 82.2 Å². The summed E-state index contributed by atoms with van der Waals surface area (Å²) in [6.45, 7) is 8.63. The highest BCUT2D eigenvalue weighted by Crippen LogP contribution is 2.32. The minimum atomic E-state index is -4.19. The molecule has 0 bridgehead atoms. The van der Waals surface area contributed by atoms with Crippen molar-refractivity contribution in [3.8, 4) is 5.75 Å². The summed E-state index contributed by atoms with van der Waals surface area (Å²) in [7, 11) is -2.75. The van der Waals surface area contributed by atoms with Crippen LogP contribution in [-0.2, 0) is 26.2 Å². The summed E-state index contributed by atoms with van der Waals surface area (Å²) in [5.74, 6) is -0.595. The fourth-order valence-corrected chi connectivity index (χ4v) is 5.95. The number of carbonyl (C=O) groups excluding carboxylic acids is 2. The van der Waals surface area contributed by atoms with Gasteiger partial charge in [0.05, 0.1) is 17.7 Å². The molecule has 0 heterocycles. The Balaban J connectivity index is 2.08. The Morgan fingerprint density at radius 3 is 2.25 bits per heavy atom. The van der Waals surface area contributed by atoms with Gasteiger partial charge in [0.25, 0.3) is 10.0 Å². The molecule has 1 N–H and O–H groups in total. The SMILES string of the molecule is COc1ccccc1N(CC(=O)N(Cc1cccc(Br)c1)C(C)C(=O)NC(C)(C)C)S(=O)(=O)c1ccc(C)cc1. The van der Waals surface area contributed by atoms with Gasteiger partial charge in [0.1, 0.15) is 18.3 Å². The summed E-state index contributed by atoms with van der Waals surface area (Å²) in [4.78, 5) is 28.7. The summed E-state index contributed by atoms with van der Waals surface area (Å²) in [5.41, 5.74) is 1.38. The number of nitrogens with one attached hydrogen (secondary N) is 1. The van der Waals surface area contributed by atoms with Crippen LogP contribution in [0, 0.1) is 6.92 Å². The zero-order chi connectivity index (χ0) is 29.7.